The molecule has 0 aliphatic rings. The SMILES string of the molecule is CCCC(N)C(=O)NC(c1ccccc1)c1ccc(F)cc1. The number of nitrogens with one attached hydrogen (secondary N) is 1. The van der Waals surface area contributed by atoms with Crippen molar-refractivity contribution in [2.75, 3.05) is 0 Å². The summed E-state index contributed by atoms with van der Waals surface area (Å²) >= 11 is 0. The van der Waals surface area contributed by atoms with Crippen LogP contribution in [-0.4, -0.2) is 11.9 Å². The Morgan fingerprint density at radius 3 is 2.27 bits per heavy atom. The van der Waals surface area contributed by atoms with Gasteiger partial charge in [0.15, 0.2) is 0 Å². The summed E-state index contributed by atoms with van der Waals surface area (Å²) in [5, 5.41) is 2.97. The van der Waals surface area contributed by atoms with Gasteiger partial charge in [0.2, 0.25) is 5.91 Å². The van der Waals surface area contributed by atoms with Crippen molar-refractivity contribution < 1.29 is 9.18 Å². The minimum Gasteiger partial charge on any atom is -0.344 e. The van der Waals surface area contributed by atoms with Crippen molar-refractivity contribution in [2.45, 2.75) is 31.8 Å². The molecule has 0 aliphatic heterocycles. The smallest absolute Gasteiger partial charge is 0.237 e. The third-order valence-corrected chi connectivity index (χ3v) is 3.56. The lowest BCUT2D eigenvalue weighted by Crippen LogP contribution is -2.42. The third-order valence-electron chi connectivity index (χ3n) is 3.56. The highest BCUT2D eigenvalue weighted by molar-refractivity contribution is 5.82. The lowest BCUT2D eigenvalue weighted by atomic mass is 9.98. The van der Waals surface area contributed by atoms with Gasteiger partial charge < -0.3 is 11.1 Å². The van der Waals surface area contributed by atoms with E-state index in [1.54, 1.807) is 12.1 Å². The number of hydrogen-bond acceptors (Lipinski definition) is 2. The van der Waals surface area contributed by atoms with Crippen LogP contribution >= 0.6 is 0 Å². The molecular formula is C18H21FN2O. The predicted octanol–water partition coefficient (Wildman–Crippen LogP) is 3.16. The Bertz CT molecular complexity index is 598. The van der Waals surface area contributed by atoms with Gasteiger partial charge in [0.25, 0.3) is 0 Å². The largest absolute Gasteiger partial charge is 0.344 e. The fourth-order valence-electron chi connectivity index (χ4n) is 2.35. The quantitative estimate of drug-likeness (QED) is 0.861. The summed E-state index contributed by atoms with van der Waals surface area (Å²) in [7, 11) is 0. The lowest BCUT2D eigenvalue weighted by Gasteiger charge is -2.22. The number of benzene rings is 2. The van der Waals surface area contributed by atoms with Crippen LogP contribution in [0.4, 0.5) is 4.39 Å². The zero-order chi connectivity index (χ0) is 15.9. The van der Waals surface area contributed by atoms with Crippen LogP contribution in [0.1, 0.15) is 36.9 Å². The fraction of sp³-hybridized carbons (Fsp3) is 0.278. The monoisotopic (exact) mass is 300 g/mol. The van der Waals surface area contributed by atoms with Crippen molar-refractivity contribution in [1.29, 1.82) is 0 Å². The lowest BCUT2D eigenvalue weighted by molar-refractivity contribution is -0.123. The molecule has 1 amide bonds. The van der Waals surface area contributed by atoms with Gasteiger partial charge in [-0.2, -0.15) is 0 Å². The Kier molecular flexibility index (Phi) is 5.67. The van der Waals surface area contributed by atoms with Gasteiger partial charge in [-0.3, -0.25) is 4.79 Å². The van der Waals surface area contributed by atoms with Crippen molar-refractivity contribution in [3.63, 3.8) is 0 Å². The predicted molar refractivity (Wildman–Crippen MR) is 85.7 cm³/mol. The Balaban J connectivity index is 2.26. The first-order chi connectivity index (χ1) is 10.6. The number of amides is 1. The molecule has 0 bridgehead atoms. The first-order valence-corrected chi connectivity index (χ1v) is 7.48. The van der Waals surface area contributed by atoms with Crippen LogP contribution in [0.5, 0.6) is 0 Å². The number of rotatable bonds is 6. The highest BCUT2D eigenvalue weighted by Crippen LogP contribution is 2.22. The number of halogens is 1. The molecule has 0 aromatic heterocycles. The molecule has 0 heterocycles. The van der Waals surface area contributed by atoms with Crippen molar-refractivity contribution in [3.8, 4) is 0 Å². The van der Waals surface area contributed by atoms with Gasteiger partial charge in [-0.15, -0.1) is 0 Å². The van der Waals surface area contributed by atoms with Crippen LogP contribution in [0.15, 0.2) is 54.6 Å². The van der Waals surface area contributed by atoms with E-state index in [2.05, 4.69) is 5.32 Å². The molecular weight excluding hydrogens is 279 g/mol. The normalized spacial score (nSPS) is 13.4. The van der Waals surface area contributed by atoms with Gasteiger partial charge in [-0.05, 0) is 29.7 Å². The molecule has 0 radical (unpaired) electrons. The molecule has 3 nitrogen and oxygen atoms in total. The highest BCUT2D eigenvalue weighted by Gasteiger charge is 2.20. The van der Waals surface area contributed by atoms with E-state index < -0.39 is 6.04 Å². The molecule has 2 unspecified atom stereocenters. The van der Waals surface area contributed by atoms with Gasteiger partial charge in [0.1, 0.15) is 5.82 Å². The average molecular weight is 300 g/mol. The molecule has 22 heavy (non-hydrogen) atoms. The zero-order valence-corrected chi connectivity index (χ0v) is 12.6. The van der Waals surface area contributed by atoms with Gasteiger partial charge >= 0.3 is 0 Å². The maximum atomic E-state index is 13.1. The molecule has 2 aromatic rings. The van der Waals surface area contributed by atoms with Gasteiger partial charge in [-0.1, -0.05) is 55.8 Å². The van der Waals surface area contributed by atoms with E-state index in [9.17, 15) is 9.18 Å². The van der Waals surface area contributed by atoms with E-state index >= 15 is 0 Å². The standard InChI is InChI=1S/C18H21FN2O/c1-2-6-16(20)18(22)21-17(13-7-4-3-5-8-13)14-9-11-15(19)12-10-14/h3-5,7-12,16-17H,2,6,20H2,1H3,(H,21,22). The number of hydrogen-bond donors (Lipinski definition) is 2. The van der Waals surface area contributed by atoms with Gasteiger partial charge in [0.05, 0.1) is 12.1 Å². The second kappa shape index (κ2) is 7.71. The first kappa shape index (κ1) is 16.2. The summed E-state index contributed by atoms with van der Waals surface area (Å²) < 4.78 is 13.1. The van der Waals surface area contributed by atoms with E-state index in [1.807, 2.05) is 37.3 Å². The zero-order valence-electron chi connectivity index (χ0n) is 12.6. The van der Waals surface area contributed by atoms with E-state index in [4.69, 9.17) is 5.73 Å². The summed E-state index contributed by atoms with van der Waals surface area (Å²) in [6, 6.07) is 14.9. The minimum absolute atomic E-state index is 0.194. The van der Waals surface area contributed by atoms with Crippen LogP contribution in [0.25, 0.3) is 0 Å². The summed E-state index contributed by atoms with van der Waals surface area (Å²) in [6.45, 7) is 1.99. The maximum absolute atomic E-state index is 13.1. The molecule has 0 saturated heterocycles. The van der Waals surface area contributed by atoms with Gasteiger partial charge in [0, 0.05) is 0 Å². The molecule has 2 atom stereocenters. The molecule has 3 N–H and O–H groups in total. The molecule has 0 aliphatic carbocycles. The fourth-order valence-corrected chi connectivity index (χ4v) is 2.35. The van der Waals surface area contributed by atoms with Crippen LogP contribution in [-0.2, 0) is 4.79 Å². The second-order valence-electron chi connectivity index (χ2n) is 5.30. The Morgan fingerprint density at radius 1 is 1.09 bits per heavy atom. The van der Waals surface area contributed by atoms with E-state index in [1.165, 1.54) is 12.1 Å². The molecule has 0 spiro atoms. The molecule has 0 fully saturated rings. The third kappa shape index (κ3) is 4.15. The van der Waals surface area contributed by atoms with E-state index in [0.29, 0.717) is 6.42 Å². The summed E-state index contributed by atoms with van der Waals surface area (Å²) in [5.41, 5.74) is 7.64. The van der Waals surface area contributed by atoms with Crippen LogP contribution < -0.4 is 11.1 Å². The van der Waals surface area contributed by atoms with Crippen molar-refractivity contribution in [2.24, 2.45) is 5.73 Å². The van der Waals surface area contributed by atoms with Crippen LogP contribution in [0.2, 0.25) is 0 Å². The van der Waals surface area contributed by atoms with Crippen LogP contribution in [0, 0.1) is 5.82 Å². The molecule has 2 rings (SSSR count). The molecule has 2 aromatic carbocycles. The summed E-state index contributed by atoms with van der Waals surface area (Å²) in [6.07, 6.45) is 1.48. The molecule has 0 saturated carbocycles. The second-order valence-corrected chi connectivity index (χ2v) is 5.30. The highest BCUT2D eigenvalue weighted by atomic mass is 19.1. The Labute approximate surface area is 130 Å². The topological polar surface area (TPSA) is 55.1 Å². The first-order valence-electron chi connectivity index (χ1n) is 7.48. The summed E-state index contributed by atoms with van der Waals surface area (Å²) in [5.74, 6) is -0.496. The van der Waals surface area contributed by atoms with Crippen molar-refractivity contribution in [1.82, 2.24) is 5.32 Å². The van der Waals surface area contributed by atoms with E-state index in [-0.39, 0.29) is 17.8 Å². The number of nitrogens with two attached hydrogens (primary N) is 1. The minimum atomic E-state index is -0.531. The maximum Gasteiger partial charge on any atom is 0.237 e. The van der Waals surface area contributed by atoms with E-state index in [0.717, 1.165) is 17.5 Å². The van der Waals surface area contributed by atoms with Gasteiger partial charge in [-0.25, -0.2) is 4.39 Å². The van der Waals surface area contributed by atoms with Crippen molar-refractivity contribution >= 4 is 5.91 Å². The Hall–Kier alpha value is -2.20. The van der Waals surface area contributed by atoms with Crippen molar-refractivity contribution in [3.05, 3.63) is 71.5 Å². The summed E-state index contributed by atoms with van der Waals surface area (Å²) in [4.78, 5) is 12.2. The molecule has 116 valence electrons. The average Bonchev–Trinajstić information content (AvgIpc) is 2.54. The Morgan fingerprint density at radius 2 is 1.68 bits per heavy atom. The number of carbonyl (C=O) groups is 1. The van der Waals surface area contributed by atoms with Crippen LogP contribution in [0.3, 0.4) is 0 Å². The molecule has 4 heteroatoms. The number of carbonyl (C=O) groups excluding carboxylic acids is 1.